The van der Waals surface area contributed by atoms with Crippen molar-refractivity contribution in [1.82, 2.24) is 15.0 Å². The zero-order valence-corrected chi connectivity index (χ0v) is 14.5. The first-order chi connectivity index (χ1) is 12.0. The van der Waals surface area contributed by atoms with Crippen molar-refractivity contribution in [2.45, 2.75) is 32.6 Å². The molecule has 0 bridgehead atoms. The number of pyridine rings is 1. The van der Waals surface area contributed by atoms with Crippen LogP contribution in [0.25, 0.3) is 5.57 Å². The summed E-state index contributed by atoms with van der Waals surface area (Å²) in [5.41, 5.74) is 3.95. The molecule has 0 aromatic carbocycles. The average Bonchev–Trinajstić information content (AvgIpc) is 3.39. The predicted octanol–water partition coefficient (Wildman–Crippen LogP) is 5.24. The fraction of sp³-hybridized carbons (Fsp3) is 0.250. The van der Waals surface area contributed by atoms with E-state index in [9.17, 15) is 4.39 Å². The molecule has 0 radical (unpaired) electrons. The maximum absolute atomic E-state index is 13.9. The summed E-state index contributed by atoms with van der Waals surface area (Å²) in [6.07, 6.45) is 9.15. The summed E-state index contributed by atoms with van der Waals surface area (Å²) >= 11 is 0. The highest BCUT2D eigenvalue weighted by Gasteiger charge is 2.28. The normalized spacial score (nSPS) is 14.3. The second-order valence-electron chi connectivity index (χ2n) is 6.40. The molecule has 1 saturated carbocycles. The van der Waals surface area contributed by atoms with Crippen molar-refractivity contribution < 1.29 is 4.39 Å². The van der Waals surface area contributed by atoms with Gasteiger partial charge in [0.2, 0.25) is 0 Å². The number of rotatable bonds is 6. The van der Waals surface area contributed by atoms with Gasteiger partial charge >= 0.3 is 0 Å². The standard InChI is InChI=1S/C20H21FN4/c1-12(2)9-16(14(4)21)19-23-11-17(15-5-6-15)20(25-19)24-18-7-8-22-10-13(18)3/h7-11,15H,1,4-6H2,2-3H3,(H,22,23,24,25)/b16-9+. The molecule has 0 aliphatic heterocycles. The van der Waals surface area contributed by atoms with Gasteiger partial charge in [-0.3, -0.25) is 4.98 Å². The van der Waals surface area contributed by atoms with Crippen LogP contribution in [0, 0.1) is 6.92 Å². The summed E-state index contributed by atoms with van der Waals surface area (Å²) in [5, 5.41) is 3.36. The van der Waals surface area contributed by atoms with Crippen LogP contribution in [-0.2, 0) is 0 Å². The van der Waals surface area contributed by atoms with Gasteiger partial charge < -0.3 is 5.32 Å². The Morgan fingerprint density at radius 2 is 2.08 bits per heavy atom. The van der Waals surface area contributed by atoms with Crippen LogP contribution in [0.5, 0.6) is 0 Å². The first-order valence-corrected chi connectivity index (χ1v) is 8.22. The lowest BCUT2D eigenvalue weighted by Gasteiger charge is -2.14. The lowest BCUT2D eigenvalue weighted by molar-refractivity contribution is 0.676. The van der Waals surface area contributed by atoms with Crippen LogP contribution in [0.1, 0.15) is 42.6 Å². The van der Waals surface area contributed by atoms with Crippen molar-refractivity contribution in [3.63, 3.8) is 0 Å². The van der Waals surface area contributed by atoms with Crippen LogP contribution in [0.3, 0.4) is 0 Å². The van der Waals surface area contributed by atoms with Gasteiger partial charge in [0, 0.05) is 29.8 Å². The largest absolute Gasteiger partial charge is 0.340 e. The van der Waals surface area contributed by atoms with Gasteiger partial charge in [-0.15, -0.1) is 0 Å². The molecule has 4 nitrogen and oxygen atoms in total. The van der Waals surface area contributed by atoms with E-state index in [1.165, 1.54) is 0 Å². The van der Waals surface area contributed by atoms with Gasteiger partial charge in [-0.1, -0.05) is 18.7 Å². The summed E-state index contributed by atoms with van der Waals surface area (Å²) < 4.78 is 13.9. The van der Waals surface area contributed by atoms with E-state index in [1.807, 2.05) is 13.0 Å². The van der Waals surface area contributed by atoms with E-state index >= 15 is 0 Å². The fourth-order valence-electron chi connectivity index (χ4n) is 2.57. The van der Waals surface area contributed by atoms with Gasteiger partial charge in [0.1, 0.15) is 11.6 Å². The van der Waals surface area contributed by atoms with Gasteiger partial charge in [-0.05, 0) is 50.3 Å². The second kappa shape index (κ2) is 6.97. The van der Waals surface area contributed by atoms with Crippen LogP contribution < -0.4 is 5.32 Å². The molecule has 1 aliphatic carbocycles. The highest BCUT2D eigenvalue weighted by Crippen LogP contribution is 2.43. The Kier molecular flexibility index (Phi) is 4.74. The van der Waals surface area contributed by atoms with Crippen LogP contribution in [-0.4, -0.2) is 15.0 Å². The van der Waals surface area contributed by atoms with Crippen molar-refractivity contribution in [3.8, 4) is 0 Å². The SMILES string of the molecule is C=C(C)/C=C(\C(=C)F)c1ncc(C2CC2)c(Nc2ccncc2C)n1. The Morgan fingerprint density at radius 3 is 2.68 bits per heavy atom. The van der Waals surface area contributed by atoms with Crippen molar-refractivity contribution >= 4 is 17.1 Å². The van der Waals surface area contributed by atoms with E-state index < -0.39 is 5.83 Å². The highest BCUT2D eigenvalue weighted by molar-refractivity contribution is 5.75. The molecule has 25 heavy (non-hydrogen) atoms. The van der Waals surface area contributed by atoms with Gasteiger partial charge in [0.25, 0.3) is 0 Å². The number of aryl methyl sites for hydroxylation is 1. The molecule has 1 aliphatic rings. The summed E-state index contributed by atoms with van der Waals surface area (Å²) in [6, 6.07) is 1.90. The van der Waals surface area contributed by atoms with E-state index in [1.54, 1.807) is 31.6 Å². The van der Waals surface area contributed by atoms with Gasteiger partial charge in [-0.2, -0.15) is 0 Å². The molecule has 0 saturated heterocycles. The molecular weight excluding hydrogens is 315 g/mol. The summed E-state index contributed by atoms with van der Waals surface area (Å²) in [5.74, 6) is 0.888. The zero-order valence-electron chi connectivity index (χ0n) is 14.5. The third kappa shape index (κ3) is 3.99. The number of aromatic nitrogens is 3. The third-order valence-corrected chi connectivity index (χ3v) is 4.03. The van der Waals surface area contributed by atoms with Crippen LogP contribution in [0.4, 0.5) is 15.9 Å². The molecule has 0 amide bonds. The number of allylic oxidation sites excluding steroid dienone is 4. The van der Waals surface area contributed by atoms with Crippen molar-refractivity contribution in [1.29, 1.82) is 0 Å². The molecule has 1 fully saturated rings. The number of nitrogens with zero attached hydrogens (tertiary/aromatic N) is 3. The fourth-order valence-corrected chi connectivity index (χ4v) is 2.57. The number of hydrogen-bond acceptors (Lipinski definition) is 4. The predicted molar refractivity (Wildman–Crippen MR) is 99.3 cm³/mol. The highest BCUT2D eigenvalue weighted by atomic mass is 19.1. The molecule has 0 atom stereocenters. The first kappa shape index (κ1) is 17.0. The Labute approximate surface area is 147 Å². The third-order valence-electron chi connectivity index (χ3n) is 4.03. The van der Waals surface area contributed by atoms with Crippen molar-refractivity contribution in [3.05, 3.63) is 72.2 Å². The molecule has 3 rings (SSSR count). The van der Waals surface area contributed by atoms with Crippen molar-refractivity contribution in [2.24, 2.45) is 0 Å². The molecule has 5 heteroatoms. The molecule has 0 spiro atoms. The number of halogens is 1. The Morgan fingerprint density at radius 1 is 1.32 bits per heavy atom. The Hall–Kier alpha value is -2.82. The zero-order chi connectivity index (χ0) is 18.0. The molecule has 1 N–H and O–H groups in total. The minimum atomic E-state index is -0.576. The number of anilines is 2. The molecule has 2 aromatic rings. The minimum absolute atomic E-state index is 0.254. The van der Waals surface area contributed by atoms with E-state index in [4.69, 9.17) is 0 Å². The van der Waals surface area contributed by atoms with E-state index in [0.717, 1.165) is 29.7 Å². The van der Waals surface area contributed by atoms with Gasteiger partial charge in [-0.25, -0.2) is 14.4 Å². The maximum atomic E-state index is 13.9. The molecule has 2 aromatic heterocycles. The summed E-state index contributed by atoms with van der Waals surface area (Å²) in [7, 11) is 0. The monoisotopic (exact) mass is 336 g/mol. The molecular formula is C20H21FN4. The smallest absolute Gasteiger partial charge is 0.164 e. The van der Waals surface area contributed by atoms with Crippen LogP contribution in [0.2, 0.25) is 0 Å². The second-order valence-corrected chi connectivity index (χ2v) is 6.40. The minimum Gasteiger partial charge on any atom is -0.340 e. The van der Waals surface area contributed by atoms with E-state index in [2.05, 4.69) is 33.4 Å². The first-order valence-electron chi connectivity index (χ1n) is 8.22. The van der Waals surface area contributed by atoms with Crippen LogP contribution >= 0.6 is 0 Å². The van der Waals surface area contributed by atoms with Crippen LogP contribution in [0.15, 0.2) is 55.3 Å². The Bertz CT molecular complexity index is 866. The number of nitrogens with one attached hydrogen (secondary N) is 1. The maximum Gasteiger partial charge on any atom is 0.164 e. The summed E-state index contributed by atoms with van der Waals surface area (Å²) in [4.78, 5) is 13.1. The molecule has 2 heterocycles. The molecule has 0 unspecified atom stereocenters. The van der Waals surface area contributed by atoms with Crippen molar-refractivity contribution in [2.75, 3.05) is 5.32 Å². The average molecular weight is 336 g/mol. The lowest BCUT2D eigenvalue weighted by Crippen LogP contribution is -2.05. The lowest BCUT2D eigenvalue weighted by atomic mass is 10.1. The topological polar surface area (TPSA) is 50.7 Å². The quantitative estimate of drug-likeness (QED) is 0.733. The summed E-state index contributed by atoms with van der Waals surface area (Å²) in [6.45, 7) is 11.0. The van der Waals surface area contributed by atoms with Gasteiger partial charge in [0.05, 0.1) is 5.57 Å². The van der Waals surface area contributed by atoms with E-state index in [0.29, 0.717) is 23.1 Å². The number of hydrogen-bond donors (Lipinski definition) is 1. The van der Waals surface area contributed by atoms with E-state index in [-0.39, 0.29) is 5.57 Å². The Balaban J connectivity index is 2.04. The molecule has 128 valence electrons. The van der Waals surface area contributed by atoms with Gasteiger partial charge in [0.15, 0.2) is 5.82 Å².